The lowest BCUT2D eigenvalue weighted by atomic mass is 9.89. The Balaban J connectivity index is 1.17. The average Bonchev–Trinajstić information content (AvgIpc) is 2.94. The topological polar surface area (TPSA) is 15.7 Å². The summed E-state index contributed by atoms with van der Waals surface area (Å²) in [6.07, 6.45) is 5.85. The second-order valence-electron chi connectivity index (χ2n) is 8.60. The minimum atomic E-state index is 0.679. The number of ether oxygens (including phenoxy) is 1. The number of hydrogen-bond acceptors (Lipinski definition) is 3. The van der Waals surface area contributed by atoms with Gasteiger partial charge in [-0.25, -0.2) is 0 Å². The van der Waals surface area contributed by atoms with Crippen LogP contribution < -0.4 is 4.74 Å². The zero-order valence-electron chi connectivity index (χ0n) is 17.6. The van der Waals surface area contributed by atoms with Gasteiger partial charge in [0.05, 0.1) is 6.61 Å². The summed E-state index contributed by atoms with van der Waals surface area (Å²) in [5, 5.41) is 0.827. The molecule has 2 aliphatic heterocycles. The molecule has 0 saturated carbocycles. The van der Waals surface area contributed by atoms with Gasteiger partial charge in [0.1, 0.15) is 5.75 Å². The van der Waals surface area contributed by atoms with Crippen molar-refractivity contribution in [2.24, 2.45) is 0 Å². The van der Waals surface area contributed by atoms with Gasteiger partial charge in [0.25, 0.3) is 0 Å². The summed E-state index contributed by atoms with van der Waals surface area (Å²) in [5.41, 5.74) is 4.40. The highest BCUT2D eigenvalue weighted by atomic mass is 35.5. The maximum Gasteiger partial charge on any atom is 0.119 e. The normalized spacial score (nSPS) is 19.0. The summed E-state index contributed by atoms with van der Waals surface area (Å²) >= 11 is 6.01. The molecule has 0 atom stereocenters. The molecule has 156 valence electrons. The average molecular weight is 413 g/mol. The molecular formula is C25H33ClN2O. The molecule has 4 heteroatoms. The van der Waals surface area contributed by atoms with Gasteiger partial charge in [-0.15, -0.1) is 0 Å². The SMILES string of the molecule is CN1CCc2ccc(OCCCN3CCC(c4ccc(Cl)cc4)CC3)cc2CC1. The highest BCUT2D eigenvalue weighted by molar-refractivity contribution is 6.30. The lowest BCUT2D eigenvalue weighted by Crippen LogP contribution is -2.34. The molecule has 29 heavy (non-hydrogen) atoms. The van der Waals surface area contributed by atoms with E-state index in [2.05, 4.69) is 47.2 Å². The molecule has 0 unspecified atom stereocenters. The number of hydrogen-bond donors (Lipinski definition) is 0. The van der Waals surface area contributed by atoms with Crippen LogP contribution in [0.1, 0.15) is 41.9 Å². The molecule has 2 aromatic rings. The molecule has 0 spiro atoms. The van der Waals surface area contributed by atoms with Crippen molar-refractivity contribution in [2.45, 2.75) is 38.0 Å². The molecule has 2 aromatic carbocycles. The molecule has 1 saturated heterocycles. The number of nitrogens with zero attached hydrogens (tertiary/aromatic N) is 2. The van der Waals surface area contributed by atoms with Crippen LogP contribution in [0.2, 0.25) is 5.02 Å². The van der Waals surface area contributed by atoms with Gasteiger partial charge in [-0.3, -0.25) is 0 Å². The van der Waals surface area contributed by atoms with Crippen LogP contribution >= 0.6 is 11.6 Å². The number of likely N-dealkylation sites (N-methyl/N-ethyl adjacent to an activating group) is 1. The molecular weight excluding hydrogens is 380 g/mol. The van der Waals surface area contributed by atoms with Crippen molar-refractivity contribution in [3.8, 4) is 5.75 Å². The van der Waals surface area contributed by atoms with Gasteiger partial charge >= 0.3 is 0 Å². The Morgan fingerprint density at radius 1 is 0.931 bits per heavy atom. The lowest BCUT2D eigenvalue weighted by molar-refractivity contribution is 0.193. The van der Waals surface area contributed by atoms with Gasteiger partial charge in [-0.1, -0.05) is 29.8 Å². The van der Waals surface area contributed by atoms with E-state index in [0.717, 1.165) is 56.3 Å². The number of piperidine rings is 1. The van der Waals surface area contributed by atoms with Gasteiger partial charge in [0.15, 0.2) is 0 Å². The van der Waals surface area contributed by atoms with Gasteiger partial charge in [0.2, 0.25) is 0 Å². The summed E-state index contributed by atoms with van der Waals surface area (Å²) in [4.78, 5) is 5.00. The Labute approximate surface area is 180 Å². The fourth-order valence-electron chi connectivity index (χ4n) is 4.61. The summed E-state index contributed by atoms with van der Waals surface area (Å²) in [7, 11) is 2.21. The molecule has 4 rings (SSSR count). The van der Waals surface area contributed by atoms with E-state index in [9.17, 15) is 0 Å². The quantitative estimate of drug-likeness (QED) is 0.619. The molecule has 2 heterocycles. The number of fused-ring (bicyclic) bond motifs is 1. The van der Waals surface area contributed by atoms with E-state index in [-0.39, 0.29) is 0 Å². The van der Waals surface area contributed by atoms with E-state index in [1.807, 2.05) is 12.1 Å². The zero-order chi connectivity index (χ0) is 20.1. The Hall–Kier alpha value is -1.55. The number of benzene rings is 2. The molecule has 2 aliphatic rings. The molecule has 0 N–H and O–H groups in total. The maximum absolute atomic E-state index is 6.08. The predicted octanol–water partition coefficient (Wildman–Crippen LogP) is 5.02. The standard InChI is InChI=1S/C25H33ClN2O/c1-27-14-9-21-5-8-25(19-23(21)10-15-27)29-18-2-13-28-16-11-22(12-17-28)20-3-6-24(26)7-4-20/h3-8,19,22H,2,9-18H2,1H3. The van der Waals surface area contributed by atoms with Crippen molar-refractivity contribution in [2.75, 3.05) is 46.4 Å². The Kier molecular flexibility index (Phi) is 7.12. The molecule has 0 amide bonds. The molecule has 1 fully saturated rings. The fraction of sp³-hybridized carbons (Fsp3) is 0.520. The maximum atomic E-state index is 6.08. The van der Waals surface area contributed by atoms with Crippen LogP contribution in [0, 0.1) is 0 Å². The third kappa shape index (κ3) is 5.75. The van der Waals surface area contributed by atoms with Gasteiger partial charge in [0, 0.05) is 24.7 Å². The van der Waals surface area contributed by atoms with Crippen LogP contribution in [0.3, 0.4) is 0 Å². The molecule has 0 bridgehead atoms. The zero-order valence-corrected chi connectivity index (χ0v) is 18.3. The van der Waals surface area contributed by atoms with E-state index < -0.39 is 0 Å². The number of likely N-dealkylation sites (tertiary alicyclic amines) is 1. The Morgan fingerprint density at radius 3 is 2.41 bits per heavy atom. The predicted molar refractivity (Wildman–Crippen MR) is 121 cm³/mol. The fourth-order valence-corrected chi connectivity index (χ4v) is 4.73. The van der Waals surface area contributed by atoms with Crippen molar-refractivity contribution in [1.29, 1.82) is 0 Å². The number of rotatable bonds is 6. The van der Waals surface area contributed by atoms with Crippen LogP contribution in [-0.2, 0) is 12.8 Å². The highest BCUT2D eigenvalue weighted by Gasteiger charge is 2.20. The summed E-state index contributed by atoms with van der Waals surface area (Å²) in [6.45, 7) is 6.59. The minimum absolute atomic E-state index is 0.679. The highest BCUT2D eigenvalue weighted by Crippen LogP contribution is 2.29. The van der Waals surface area contributed by atoms with E-state index >= 15 is 0 Å². The largest absolute Gasteiger partial charge is 0.494 e. The lowest BCUT2D eigenvalue weighted by Gasteiger charge is -2.32. The van der Waals surface area contributed by atoms with E-state index in [4.69, 9.17) is 16.3 Å². The van der Waals surface area contributed by atoms with E-state index in [1.165, 1.54) is 42.6 Å². The first-order valence-corrected chi connectivity index (χ1v) is 11.5. The van der Waals surface area contributed by atoms with Crippen molar-refractivity contribution < 1.29 is 4.74 Å². The second kappa shape index (κ2) is 9.97. The van der Waals surface area contributed by atoms with Gasteiger partial charge < -0.3 is 14.5 Å². The molecule has 3 nitrogen and oxygen atoms in total. The van der Waals surface area contributed by atoms with Crippen molar-refractivity contribution in [3.63, 3.8) is 0 Å². The first-order valence-electron chi connectivity index (χ1n) is 11.1. The Bertz CT molecular complexity index is 784. The Morgan fingerprint density at radius 2 is 1.66 bits per heavy atom. The third-order valence-electron chi connectivity index (χ3n) is 6.52. The smallest absolute Gasteiger partial charge is 0.119 e. The molecule has 0 aromatic heterocycles. The van der Waals surface area contributed by atoms with Crippen LogP contribution in [0.5, 0.6) is 5.75 Å². The van der Waals surface area contributed by atoms with Crippen molar-refractivity contribution in [3.05, 3.63) is 64.2 Å². The summed E-state index contributed by atoms with van der Waals surface area (Å²) < 4.78 is 6.08. The second-order valence-corrected chi connectivity index (χ2v) is 9.04. The van der Waals surface area contributed by atoms with E-state index in [1.54, 1.807) is 0 Å². The van der Waals surface area contributed by atoms with Crippen molar-refractivity contribution in [1.82, 2.24) is 9.80 Å². The van der Waals surface area contributed by atoms with Crippen molar-refractivity contribution >= 4 is 11.6 Å². The van der Waals surface area contributed by atoms with Crippen LogP contribution in [0.15, 0.2) is 42.5 Å². The molecule has 0 radical (unpaired) electrons. The first-order chi connectivity index (χ1) is 14.2. The first kappa shape index (κ1) is 20.7. The minimum Gasteiger partial charge on any atom is -0.494 e. The third-order valence-corrected chi connectivity index (χ3v) is 6.77. The van der Waals surface area contributed by atoms with Gasteiger partial charge in [-0.05, 0) is 99.1 Å². The van der Waals surface area contributed by atoms with Crippen LogP contribution in [0.4, 0.5) is 0 Å². The van der Waals surface area contributed by atoms with Gasteiger partial charge in [-0.2, -0.15) is 0 Å². The summed E-state index contributed by atoms with van der Waals surface area (Å²) in [6, 6.07) is 15.1. The monoisotopic (exact) mass is 412 g/mol. The van der Waals surface area contributed by atoms with Crippen LogP contribution in [0.25, 0.3) is 0 Å². The number of halogens is 1. The van der Waals surface area contributed by atoms with Crippen LogP contribution in [-0.4, -0.2) is 56.2 Å². The van der Waals surface area contributed by atoms with E-state index in [0.29, 0.717) is 5.92 Å². The summed E-state index contributed by atoms with van der Waals surface area (Å²) in [5.74, 6) is 1.72. The molecule has 0 aliphatic carbocycles.